The van der Waals surface area contributed by atoms with Crippen LogP contribution >= 0.6 is 0 Å². The minimum atomic E-state index is 0.331. The maximum Gasteiger partial charge on any atom is 0.00763 e. The quantitative estimate of drug-likeness (QED) is 0.835. The molecule has 1 aliphatic carbocycles. The van der Waals surface area contributed by atoms with Crippen molar-refractivity contribution < 1.29 is 0 Å². The SMILES string of the molecule is NCC1(c2cccc(C3CCCNC3)c2)CC1. The van der Waals surface area contributed by atoms with Crippen molar-refractivity contribution in [1.82, 2.24) is 5.32 Å². The zero-order valence-electron chi connectivity index (χ0n) is 10.4. The van der Waals surface area contributed by atoms with Crippen LogP contribution in [0.15, 0.2) is 24.3 Å². The zero-order chi connectivity index (χ0) is 11.7. The first-order valence-corrected chi connectivity index (χ1v) is 6.85. The van der Waals surface area contributed by atoms with Crippen molar-refractivity contribution in [2.75, 3.05) is 19.6 Å². The molecule has 17 heavy (non-hydrogen) atoms. The zero-order valence-corrected chi connectivity index (χ0v) is 10.4. The highest BCUT2D eigenvalue weighted by Gasteiger charge is 2.42. The van der Waals surface area contributed by atoms with E-state index in [1.165, 1.54) is 43.4 Å². The largest absolute Gasteiger partial charge is 0.330 e. The smallest absolute Gasteiger partial charge is 0.00763 e. The predicted molar refractivity (Wildman–Crippen MR) is 71.3 cm³/mol. The lowest BCUT2D eigenvalue weighted by Gasteiger charge is -2.24. The monoisotopic (exact) mass is 230 g/mol. The van der Waals surface area contributed by atoms with Gasteiger partial charge in [0, 0.05) is 18.5 Å². The minimum absolute atomic E-state index is 0.331. The molecule has 92 valence electrons. The van der Waals surface area contributed by atoms with Gasteiger partial charge in [0.2, 0.25) is 0 Å². The molecule has 0 aromatic heterocycles. The molecule has 3 N–H and O–H groups in total. The highest BCUT2D eigenvalue weighted by Crippen LogP contribution is 2.47. The molecule has 1 aromatic carbocycles. The molecule has 0 spiro atoms. The van der Waals surface area contributed by atoms with Crippen LogP contribution in [0.3, 0.4) is 0 Å². The Kier molecular flexibility index (Phi) is 2.93. The number of benzene rings is 1. The average Bonchev–Trinajstić information content (AvgIpc) is 3.21. The maximum atomic E-state index is 5.92. The summed E-state index contributed by atoms with van der Waals surface area (Å²) < 4.78 is 0. The van der Waals surface area contributed by atoms with Gasteiger partial charge >= 0.3 is 0 Å². The van der Waals surface area contributed by atoms with Crippen LogP contribution in [0.5, 0.6) is 0 Å². The highest BCUT2D eigenvalue weighted by atomic mass is 14.9. The third-order valence-electron chi connectivity index (χ3n) is 4.51. The van der Waals surface area contributed by atoms with Gasteiger partial charge in [-0.3, -0.25) is 0 Å². The van der Waals surface area contributed by atoms with Gasteiger partial charge in [-0.05, 0) is 49.3 Å². The van der Waals surface area contributed by atoms with Crippen molar-refractivity contribution in [3.8, 4) is 0 Å². The van der Waals surface area contributed by atoms with E-state index in [2.05, 4.69) is 29.6 Å². The summed E-state index contributed by atoms with van der Waals surface area (Å²) in [7, 11) is 0. The summed E-state index contributed by atoms with van der Waals surface area (Å²) in [6, 6.07) is 9.18. The molecule has 2 nitrogen and oxygen atoms in total. The second-order valence-corrected chi connectivity index (χ2v) is 5.65. The summed E-state index contributed by atoms with van der Waals surface area (Å²) in [5, 5.41) is 3.50. The van der Waals surface area contributed by atoms with Gasteiger partial charge in [-0.15, -0.1) is 0 Å². The number of rotatable bonds is 3. The first kappa shape index (κ1) is 11.2. The van der Waals surface area contributed by atoms with Gasteiger partial charge in [-0.2, -0.15) is 0 Å². The van der Waals surface area contributed by atoms with E-state index in [1.54, 1.807) is 0 Å². The molecule has 2 heteroatoms. The summed E-state index contributed by atoms with van der Waals surface area (Å²) in [6.45, 7) is 3.13. The summed E-state index contributed by atoms with van der Waals surface area (Å²) in [5.41, 5.74) is 9.23. The molecular formula is C15H22N2. The highest BCUT2D eigenvalue weighted by molar-refractivity contribution is 5.36. The Morgan fingerprint density at radius 2 is 2.24 bits per heavy atom. The van der Waals surface area contributed by atoms with E-state index in [4.69, 9.17) is 5.73 Å². The number of hydrogen-bond donors (Lipinski definition) is 2. The van der Waals surface area contributed by atoms with Crippen molar-refractivity contribution in [2.45, 2.75) is 37.0 Å². The number of nitrogens with two attached hydrogens (primary N) is 1. The van der Waals surface area contributed by atoms with Crippen LogP contribution in [0.25, 0.3) is 0 Å². The van der Waals surface area contributed by atoms with E-state index in [0.29, 0.717) is 11.3 Å². The molecular weight excluding hydrogens is 208 g/mol. The second kappa shape index (κ2) is 4.43. The van der Waals surface area contributed by atoms with Gasteiger partial charge in [0.05, 0.1) is 0 Å². The predicted octanol–water partition coefficient (Wildman–Crippen LogP) is 2.14. The van der Waals surface area contributed by atoms with E-state index in [9.17, 15) is 0 Å². The standard InChI is InChI=1S/C15H22N2/c16-11-15(6-7-15)14-5-1-3-12(9-14)13-4-2-8-17-10-13/h1,3,5,9,13,17H,2,4,6-8,10-11,16H2. The van der Waals surface area contributed by atoms with Crippen molar-refractivity contribution >= 4 is 0 Å². The Hall–Kier alpha value is -0.860. The summed E-state index contributed by atoms with van der Waals surface area (Å²) in [4.78, 5) is 0. The lowest BCUT2D eigenvalue weighted by Crippen LogP contribution is -2.28. The van der Waals surface area contributed by atoms with E-state index >= 15 is 0 Å². The molecule has 0 radical (unpaired) electrons. The third-order valence-corrected chi connectivity index (χ3v) is 4.51. The van der Waals surface area contributed by atoms with Gasteiger partial charge < -0.3 is 11.1 Å². The molecule has 1 aliphatic heterocycles. The van der Waals surface area contributed by atoms with Crippen molar-refractivity contribution in [3.05, 3.63) is 35.4 Å². The first-order chi connectivity index (χ1) is 8.34. The lowest BCUT2D eigenvalue weighted by molar-refractivity contribution is 0.461. The van der Waals surface area contributed by atoms with Crippen LogP contribution in [0, 0.1) is 0 Å². The van der Waals surface area contributed by atoms with Crippen molar-refractivity contribution in [3.63, 3.8) is 0 Å². The Balaban J connectivity index is 1.83. The van der Waals surface area contributed by atoms with E-state index in [1.807, 2.05) is 0 Å². The summed E-state index contributed by atoms with van der Waals surface area (Å²) >= 11 is 0. The fraction of sp³-hybridized carbons (Fsp3) is 0.600. The summed E-state index contributed by atoms with van der Waals surface area (Å²) in [5.74, 6) is 0.706. The average molecular weight is 230 g/mol. The molecule has 1 atom stereocenters. The Labute approximate surface area is 104 Å². The van der Waals surface area contributed by atoms with Gasteiger partial charge in [0.25, 0.3) is 0 Å². The van der Waals surface area contributed by atoms with Crippen LogP contribution in [-0.4, -0.2) is 19.6 Å². The Bertz CT molecular complexity index is 390. The molecule has 3 rings (SSSR count). The molecule has 2 fully saturated rings. The molecule has 1 unspecified atom stereocenters. The fourth-order valence-electron chi connectivity index (χ4n) is 3.02. The molecule has 1 heterocycles. The number of piperidine rings is 1. The Morgan fingerprint density at radius 3 is 2.88 bits per heavy atom. The van der Waals surface area contributed by atoms with Crippen LogP contribution in [0.1, 0.15) is 42.7 Å². The topological polar surface area (TPSA) is 38.0 Å². The minimum Gasteiger partial charge on any atom is -0.330 e. The molecule has 0 bridgehead atoms. The lowest BCUT2D eigenvalue weighted by atomic mass is 9.87. The van der Waals surface area contributed by atoms with Crippen LogP contribution in [0.2, 0.25) is 0 Å². The Morgan fingerprint density at radius 1 is 1.35 bits per heavy atom. The molecule has 1 aromatic rings. The molecule has 1 saturated heterocycles. The second-order valence-electron chi connectivity index (χ2n) is 5.65. The summed E-state index contributed by atoms with van der Waals surface area (Å²) in [6.07, 6.45) is 5.18. The number of hydrogen-bond acceptors (Lipinski definition) is 2. The van der Waals surface area contributed by atoms with Gasteiger partial charge in [0.1, 0.15) is 0 Å². The molecule has 1 saturated carbocycles. The van der Waals surface area contributed by atoms with E-state index in [0.717, 1.165) is 13.1 Å². The third kappa shape index (κ3) is 2.12. The van der Waals surface area contributed by atoms with E-state index in [-0.39, 0.29) is 0 Å². The van der Waals surface area contributed by atoms with Gasteiger partial charge in [0.15, 0.2) is 0 Å². The van der Waals surface area contributed by atoms with E-state index < -0.39 is 0 Å². The maximum absolute atomic E-state index is 5.92. The normalized spacial score (nSPS) is 26.8. The molecule has 2 aliphatic rings. The van der Waals surface area contributed by atoms with Crippen molar-refractivity contribution in [1.29, 1.82) is 0 Å². The van der Waals surface area contributed by atoms with Gasteiger partial charge in [-0.1, -0.05) is 24.3 Å². The van der Waals surface area contributed by atoms with Crippen LogP contribution in [-0.2, 0) is 5.41 Å². The first-order valence-electron chi connectivity index (χ1n) is 6.85. The molecule has 0 amide bonds. The fourth-order valence-corrected chi connectivity index (χ4v) is 3.02. The van der Waals surface area contributed by atoms with Gasteiger partial charge in [-0.25, -0.2) is 0 Å². The van der Waals surface area contributed by atoms with Crippen LogP contribution in [0.4, 0.5) is 0 Å². The van der Waals surface area contributed by atoms with Crippen LogP contribution < -0.4 is 11.1 Å². The number of nitrogens with one attached hydrogen (secondary N) is 1. The van der Waals surface area contributed by atoms with Crippen molar-refractivity contribution in [2.24, 2.45) is 5.73 Å².